The quantitative estimate of drug-likeness (QED) is 0.691. The molecule has 1 aliphatic carbocycles. The van der Waals surface area contributed by atoms with Crippen LogP contribution in [-0.4, -0.2) is 23.7 Å². The smallest absolute Gasteiger partial charge is 0.357 e. The van der Waals surface area contributed by atoms with Crippen LogP contribution in [0.1, 0.15) is 42.6 Å². The Labute approximate surface area is 121 Å². The summed E-state index contributed by atoms with van der Waals surface area (Å²) in [5, 5.41) is 0. The van der Waals surface area contributed by atoms with Crippen molar-refractivity contribution in [2.45, 2.75) is 32.1 Å². The fourth-order valence-corrected chi connectivity index (χ4v) is 2.63. The normalized spacial score (nSPS) is 16.0. The van der Waals surface area contributed by atoms with Crippen molar-refractivity contribution < 1.29 is 23.5 Å². The molecule has 3 rings (SSSR count). The molecule has 0 saturated heterocycles. The fourth-order valence-electron chi connectivity index (χ4n) is 2.63. The van der Waals surface area contributed by atoms with E-state index in [2.05, 4.69) is 4.98 Å². The van der Waals surface area contributed by atoms with Gasteiger partial charge in [-0.1, -0.05) is 19.3 Å². The lowest BCUT2D eigenvalue weighted by molar-refractivity contribution is -0.158. The van der Waals surface area contributed by atoms with Crippen LogP contribution in [0.5, 0.6) is 0 Å². The summed E-state index contributed by atoms with van der Waals surface area (Å²) in [6.45, 7) is -0.353. The summed E-state index contributed by atoms with van der Waals surface area (Å²) in [6.07, 6.45) is 6.54. The summed E-state index contributed by atoms with van der Waals surface area (Å²) < 4.78 is 15.1. The van der Waals surface area contributed by atoms with Crippen molar-refractivity contribution in [2.75, 3.05) is 6.79 Å². The molecule has 2 heterocycles. The minimum atomic E-state index is -0.571. The molecule has 0 aliphatic heterocycles. The molecule has 21 heavy (non-hydrogen) atoms. The number of fused-ring (bicyclic) bond motifs is 1. The van der Waals surface area contributed by atoms with E-state index >= 15 is 0 Å². The first-order valence-corrected chi connectivity index (χ1v) is 7.14. The van der Waals surface area contributed by atoms with Crippen LogP contribution in [0.2, 0.25) is 0 Å². The number of furan rings is 1. The van der Waals surface area contributed by atoms with E-state index in [-0.39, 0.29) is 24.4 Å². The molecule has 6 heteroatoms. The first-order chi connectivity index (χ1) is 10.2. The highest BCUT2D eigenvalue weighted by Crippen LogP contribution is 2.24. The number of aromatic amines is 1. The Bertz CT molecular complexity index is 607. The SMILES string of the molecule is O=C(OCOC(=O)C1CCCCC1)c1cc2occc2[nH]1. The van der Waals surface area contributed by atoms with E-state index in [1.807, 2.05) is 0 Å². The zero-order valence-corrected chi connectivity index (χ0v) is 11.6. The van der Waals surface area contributed by atoms with Gasteiger partial charge >= 0.3 is 11.9 Å². The molecular formula is C15H17NO5. The van der Waals surface area contributed by atoms with Gasteiger partial charge in [0.2, 0.25) is 6.79 Å². The van der Waals surface area contributed by atoms with E-state index in [1.54, 1.807) is 12.1 Å². The van der Waals surface area contributed by atoms with Crippen molar-refractivity contribution in [1.29, 1.82) is 0 Å². The summed E-state index contributed by atoms with van der Waals surface area (Å²) in [7, 11) is 0. The summed E-state index contributed by atoms with van der Waals surface area (Å²) >= 11 is 0. The van der Waals surface area contributed by atoms with Crippen LogP contribution in [0, 0.1) is 5.92 Å². The molecule has 0 bridgehead atoms. The Hall–Kier alpha value is -2.24. The lowest BCUT2D eigenvalue weighted by atomic mass is 9.89. The number of hydrogen-bond acceptors (Lipinski definition) is 5. The van der Waals surface area contributed by atoms with Crippen molar-refractivity contribution in [3.05, 3.63) is 24.1 Å². The van der Waals surface area contributed by atoms with Gasteiger partial charge in [-0.2, -0.15) is 0 Å². The van der Waals surface area contributed by atoms with Gasteiger partial charge in [-0.05, 0) is 12.8 Å². The van der Waals surface area contributed by atoms with Crippen molar-refractivity contribution in [3.63, 3.8) is 0 Å². The second kappa shape index (κ2) is 6.03. The molecule has 112 valence electrons. The average Bonchev–Trinajstić information content (AvgIpc) is 3.09. The Morgan fingerprint density at radius 2 is 2.05 bits per heavy atom. The number of rotatable bonds is 4. The van der Waals surface area contributed by atoms with Gasteiger partial charge < -0.3 is 18.9 Å². The summed E-state index contributed by atoms with van der Waals surface area (Å²) in [5.41, 5.74) is 1.58. The topological polar surface area (TPSA) is 81.5 Å². The maximum absolute atomic E-state index is 11.8. The predicted octanol–water partition coefficient (Wildman–Crippen LogP) is 3.00. The summed E-state index contributed by atoms with van der Waals surface area (Å²) in [6, 6.07) is 3.27. The molecule has 2 aromatic rings. The molecule has 0 atom stereocenters. The van der Waals surface area contributed by atoms with Gasteiger partial charge in [0.15, 0.2) is 5.58 Å². The molecule has 0 amide bonds. The van der Waals surface area contributed by atoms with Gasteiger partial charge in [-0.3, -0.25) is 4.79 Å². The molecule has 1 fully saturated rings. The Balaban J connectivity index is 1.47. The first kappa shape index (κ1) is 13.7. The number of ether oxygens (including phenoxy) is 2. The Morgan fingerprint density at radius 1 is 1.24 bits per heavy atom. The molecule has 1 N–H and O–H groups in total. The van der Waals surface area contributed by atoms with Gasteiger partial charge in [0.1, 0.15) is 5.69 Å². The van der Waals surface area contributed by atoms with E-state index in [0.717, 1.165) is 31.2 Å². The second-order valence-electron chi connectivity index (χ2n) is 5.23. The fraction of sp³-hybridized carbons (Fsp3) is 0.467. The van der Waals surface area contributed by atoms with Crippen LogP contribution in [0.3, 0.4) is 0 Å². The number of carbonyl (C=O) groups excluding carboxylic acids is 2. The predicted molar refractivity (Wildman–Crippen MR) is 73.5 cm³/mol. The highest BCUT2D eigenvalue weighted by molar-refractivity contribution is 5.93. The van der Waals surface area contributed by atoms with Gasteiger partial charge in [-0.25, -0.2) is 4.79 Å². The minimum Gasteiger partial charge on any atom is -0.463 e. The third kappa shape index (κ3) is 3.09. The van der Waals surface area contributed by atoms with E-state index in [4.69, 9.17) is 13.9 Å². The van der Waals surface area contributed by atoms with E-state index < -0.39 is 5.97 Å². The Morgan fingerprint density at radius 3 is 2.81 bits per heavy atom. The zero-order chi connectivity index (χ0) is 14.7. The monoisotopic (exact) mass is 291 g/mol. The van der Waals surface area contributed by atoms with Crippen molar-refractivity contribution in [3.8, 4) is 0 Å². The highest BCUT2D eigenvalue weighted by atomic mass is 16.7. The van der Waals surface area contributed by atoms with Crippen molar-refractivity contribution in [1.82, 2.24) is 4.98 Å². The third-order valence-corrected chi connectivity index (χ3v) is 3.79. The molecule has 1 saturated carbocycles. The first-order valence-electron chi connectivity index (χ1n) is 7.14. The van der Waals surface area contributed by atoms with Crippen molar-refractivity contribution >= 4 is 23.0 Å². The molecule has 0 spiro atoms. The summed E-state index contributed by atoms with van der Waals surface area (Å²) in [5.74, 6) is -0.897. The Kier molecular flexibility index (Phi) is 3.94. The molecular weight excluding hydrogens is 274 g/mol. The van der Waals surface area contributed by atoms with Crippen LogP contribution in [-0.2, 0) is 14.3 Å². The van der Waals surface area contributed by atoms with Gasteiger partial charge in [0, 0.05) is 12.1 Å². The molecule has 1 aliphatic rings. The minimum absolute atomic E-state index is 0.0507. The molecule has 2 aromatic heterocycles. The standard InChI is InChI=1S/C15H17NO5/c17-14(10-4-2-1-3-5-10)20-9-21-15(18)12-8-13-11(16-12)6-7-19-13/h6-8,10,16H,1-5,9H2. The second-order valence-corrected chi connectivity index (χ2v) is 5.23. The number of nitrogens with one attached hydrogen (secondary N) is 1. The molecule has 0 radical (unpaired) electrons. The summed E-state index contributed by atoms with van der Waals surface area (Å²) in [4.78, 5) is 26.4. The van der Waals surface area contributed by atoms with E-state index in [0.29, 0.717) is 5.58 Å². The maximum atomic E-state index is 11.8. The third-order valence-electron chi connectivity index (χ3n) is 3.79. The number of hydrogen-bond donors (Lipinski definition) is 1. The van der Waals surface area contributed by atoms with Crippen LogP contribution in [0.4, 0.5) is 0 Å². The largest absolute Gasteiger partial charge is 0.463 e. The van der Waals surface area contributed by atoms with Crippen LogP contribution in [0.15, 0.2) is 22.8 Å². The zero-order valence-electron chi connectivity index (χ0n) is 11.6. The van der Waals surface area contributed by atoms with Gasteiger partial charge in [0.25, 0.3) is 0 Å². The average molecular weight is 291 g/mol. The lowest BCUT2D eigenvalue weighted by Gasteiger charge is -2.19. The van der Waals surface area contributed by atoms with Crippen LogP contribution >= 0.6 is 0 Å². The van der Waals surface area contributed by atoms with E-state index in [1.165, 1.54) is 12.7 Å². The van der Waals surface area contributed by atoms with Gasteiger partial charge in [0.05, 0.1) is 17.7 Å². The van der Waals surface area contributed by atoms with Crippen LogP contribution < -0.4 is 0 Å². The highest BCUT2D eigenvalue weighted by Gasteiger charge is 2.23. The number of aromatic nitrogens is 1. The van der Waals surface area contributed by atoms with Crippen LogP contribution in [0.25, 0.3) is 11.1 Å². The molecule has 6 nitrogen and oxygen atoms in total. The molecule has 0 aromatic carbocycles. The number of esters is 2. The van der Waals surface area contributed by atoms with E-state index in [9.17, 15) is 9.59 Å². The maximum Gasteiger partial charge on any atom is 0.357 e. The van der Waals surface area contributed by atoms with Crippen molar-refractivity contribution in [2.24, 2.45) is 5.92 Å². The lowest BCUT2D eigenvalue weighted by Crippen LogP contribution is -2.22. The number of carbonyl (C=O) groups is 2. The molecule has 0 unspecified atom stereocenters. The number of H-pyrrole nitrogens is 1. The van der Waals surface area contributed by atoms with Gasteiger partial charge in [-0.15, -0.1) is 0 Å².